The third-order valence-electron chi connectivity index (χ3n) is 3.56. The van der Waals surface area contributed by atoms with Crippen LogP contribution in [0.2, 0.25) is 0 Å². The van der Waals surface area contributed by atoms with Crippen LogP contribution in [-0.2, 0) is 6.18 Å². The van der Waals surface area contributed by atoms with Crippen molar-refractivity contribution in [3.63, 3.8) is 0 Å². The van der Waals surface area contributed by atoms with Crippen LogP contribution in [0.25, 0.3) is 10.9 Å². The van der Waals surface area contributed by atoms with Gasteiger partial charge in [0.2, 0.25) is 0 Å². The van der Waals surface area contributed by atoms with Gasteiger partial charge < -0.3 is 10.2 Å². The van der Waals surface area contributed by atoms with E-state index in [9.17, 15) is 13.2 Å². The number of nitrogens with one attached hydrogen (secondary N) is 1. The SMILES string of the molecule is Cl.FC(F)(F)c1ccc2ncc(Br)c(N3CCNCC3)c2c1. The summed E-state index contributed by atoms with van der Waals surface area (Å²) >= 11 is 3.42. The molecule has 1 aliphatic heterocycles. The van der Waals surface area contributed by atoms with Crippen molar-refractivity contribution in [3.8, 4) is 0 Å². The Morgan fingerprint density at radius 3 is 2.50 bits per heavy atom. The van der Waals surface area contributed by atoms with E-state index in [0.29, 0.717) is 10.9 Å². The first kappa shape index (κ1) is 17.3. The molecule has 1 aliphatic rings. The van der Waals surface area contributed by atoms with Crippen LogP contribution in [0.5, 0.6) is 0 Å². The summed E-state index contributed by atoms with van der Waals surface area (Å²) in [6.07, 6.45) is -2.70. The second kappa shape index (κ2) is 6.60. The van der Waals surface area contributed by atoms with E-state index < -0.39 is 11.7 Å². The molecule has 3 nitrogen and oxygen atoms in total. The number of benzene rings is 1. The Morgan fingerprint density at radius 1 is 1.18 bits per heavy atom. The molecule has 22 heavy (non-hydrogen) atoms. The minimum Gasteiger partial charge on any atom is -0.367 e. The van der Waals surface area contributed by atoms with Gasteiger partial charge in [0.1, 0.15) is 0 Å². The number of rotatable bonds is 1. The summed E-state index contributed by atoms with van der Waals surface area (Å²) in [6, 6.07) is 3.69. The fraction of sp³-hybridized carbons (Fsp3) is 0.357. The van der Waals surface area contributed by atoms with E-state index in [0.717, 1.165) is 42.4 Å². The second-order valence-electron chi connectivity index (χ2n) is 4.92. The Morgan fingerprint density at radius 2 is 1.86 bits per heavy atom. The normalized spacial score (nSPS) is 15.7. The van der Waals surface area contributed by atoms with Crippen molar-refractivity contribution in [1.82, 2.24) is 10.3 Å². The number of hydrogen-bond acceptors (Lipinski definition) is 3. The van der Waals surface area contributed by atoms with Gasteiger partial charge >= 0.3 is 6.18 Å². The molecule has 0 saturated carbocycles. The zero-order valence-electron chi connectivity index (χ0n) is 11.5. The van der Waals surface area contributed by atoms with Gasteiger partial charge in [-0.05, 0) is 34.1 Å². The predicted octanol–water partition coefficient (Wildman–Crippen LogP) is 3.85. The van der Waals surface area contributed by atoms with Crippen LogP contribution >= 0.6 is 28.3 Å². The van der Waals surface area contributed by atoms with E-state index in [1.165, 1.54) is 12.1 Å². The number of pyridine rings is 1. The summed E-state index contributed by atoms with van der Waals surface area (Å²) < 4.78 is 39.5. The fourth-order valence-corrected chi connectivity index (χ4v) is 3.11. The highest BCUT2D eigenvalue weighted by atomic mass is 79.9. The van der Waals surface area contributed by atoms with Gasteiger partial charge in [0.15, 0.2) is 0 Å². The van der Waals surface area contributed by atoms with Crippen molar-refractivity contribution in [2.24, 2.45) is 0 Å². The van der Waals surface area contributed by atoms with Crippen LogP contribution in [0.1, 0.15) is 5.56 Å². The van der Waals surface area contributed by atoms with E-state index in [1.54, 1.807) is 6.20 Å². The van der Waals surface area contributed by atoms with Crippen molar-refractivity contribution in [2.75, 3.05) is 31.1 Å². The van der Waals surface area contributed by atoms with Gasteiger partial charge in [-0.1, -0.05) is 0 Å². The van der Waals surface area contributed by atoms with Crippen LogP contribution in [0, 0.1) is 0 Å². The molecule has 1 saturated heterocycles. The quantitative estimate of drug-likeness (QED) is 0.794. The van der Waals surface area contributed by atoms with Crippen LogP contribution in [0.4, 0.5) is 18.9 Å². The molecule has 0 unspecified atom stereocenters. The molecule has 1 N–H and O–H groups in total. The first-order chi connectivity index (χ1) is 9.97. The lowest BCUT2D eigenvalue weighted by atomic mass is 10.1. The third kappa shape index (κ3) is 3.31. The molecule has 1 aromatic heterocycles. The van der Waals surface area contributed by atoms with Gasteiger partial charge in [0.05, 0.1) is 21.2 Å². The van der Waals surface area contributed by atoms with Gasteiger partial charge in [-0.25, -0.2) is 0 Å². The Kier molecular flexibility index (Phi) is 5.19. The van der Waals surface area contributed by atoms with Crippen molar-refractivity contribution in [1.29, 1.82) is 0 Å². The van der Waals surface area contributed by atoms with Gasteiger partial charge in [-0.2, -0.15) is 13.2 Å². The number of hydrogen-bond donors (Lipinski definition) is 1. The minimum atomic E-state index is -4.35. The molecule has 0 amide bonds. The average Bonchev–Trinajstić information content (AvgIpc) is 2.46. The zero-order valence-corrected chi connectivity index (χ0v) is 13.9. The van der Waals surface area contributed by atoms with Crippen LogP contribution in [0.15, 0.2) is 28.9 Å². The predicted molar refractivity (Wildman–Crippen MR) is 86.8 cm³/mol. The fourth-order valence-electron chi connectivity index (χ4n) is 2.54. The molecule has 0 bridgehead atoms. The van der Waals surface area contributed by atoms with Gasteiger partial charge in [0.25, 0.3) is 0 Å². The summed E-state index contributed by atoms with van der Waals surface area (Å²) in [5, 5.41) is 3.76. The van der Waals surface area contributed by atoms with Gasteiger partial charge in [-0.15, -0.1) is 12.4 Å². The first-order valence-electron chi connectivity index (χ1n) is 6.58. The number of aromatic nitrogens is 1. The molecule has 2 aromatic rings. The van der Waals surface area contributed by atoms with Gasteiger partial charge in [-0.3, -0.25) is 4.98 Å². The molecule has 0 aliphatic carbocycles. The van der Waals surface area contributed by atoms with E-state index in [-0.39, 0.29) is 12.4 Å². The lowest BCUT2D eigenvalue weighted by Crippen LogP contribution is -2.43. The largest absolute Gasteiger partial charge is 0.416 e. The van der Waals surface area contributed by atoms with E-state index in [2.05, 4.69) is 31.1 Å². The molecule has 0 radical (unpaired) electrons. The molecule has 8 heteroatoms. The maximum atomic E-state index is 12.9. The molecular weight excluding hydrogens is 383 g/mol. The standard InChI is InChI=1S/C14H13BrF3N3.ClH/c15-11-8-20-12-2-1-9(14(16,17)18)7-10(12)13(11)21-5-3-19-4-6-21;/h1-2,7-8,19H,3-6H2;1H. The van der Waals surface area contributed by atoms with Crippen LogP contribution in [0.3, 0.4) is 0 Å². The summed E-state index contributed by atoms with van der Waals surface area (Å²) in [7, 11) is 0. The summed E-state index contributed by atoms with van der Waals surface area (Å²) in [4.78, 5) is 6.29. The Labute approximate surface area is 140 Å². The number of anilines is 1. The molecule has 0 spiro atoms. The molecule has 1 aromatic carbocycles. The summed E-state index contributed by atoms with van der Waals surface area (Å²) in [5.41, 5.74) is 0.707. The number of alkyl halides is 3. The Hall–Kier alpha value is -1.05. The molecule has 120 valence electrons. The van der Waals surface area contributed by atoms with Crippen molar-refractivity contribution >= 4 is 44.9 Å². The highest BCUT2D eigenvalue weighted by molar-refractivity contribution is 9.10. The Bertz CT molecular complexity index is 672. The van der Waals surface area contributed by atoms with Crippen LogP contribution in [-0.4, -0.2) is 31.2 Å². The van der Waals surface area contributed by atoms with Crippen LogP contribution < -0.4 is 10.2 Å². The summed E-state index contributed by atoms with van der Waals surface area (Å²) in [6.45, 7) is 3.15. The highest BCUT2D eigenvalue weighted by Crippen LogP contribution is 2.37. The molecular formula is C14H14BrClF3N3. The molecule has 0 atom stereocenters. The van der Waals surface area contributed by atoms with E-state index >= 15 is 0 Å². The zero-order chi connectivity index (χ0) is 15.0. The average molecular weight is 397 g/mol. The number of fused-ring (bicyclic) bond motifs is 1. The Balaban J connectivity index is 0.00000176. The number of piperazine rings is 1. The lowest BCUT2D eigenvalue weighted by molar-refractivity contribution is -0.137. The second-order valence-corrected chi connectivity index (χ2v) is 5.78. The first-order valence-corrected chi connectivity index (χ1v) is 7.37. The maximum Gasteiger partial charge on any atom is 0.416 e. The monoisotopic (exact) mass is 395 g/mol. The number of nitrogens with zero attached hydrogens (tertiary/aromatic N) is 2. The van der Waals surface area contributed by atoms with E-state index in [1.807, 2.05) is 0 Å². The van der Waals surface area contributed by atoms with E-state index in [4.69, 9.17) is 0 Å². The smallest absolute Gasteiger partial charge is 0.367 e. The molecule has 1 fully saturated rings. The highest BCUT2D eigenvalue weighted by Gasteiger charge is 2.31. The maximum absolute atomic E-state index is 12.9. The minimum absolute atomic E-state index is 0. The van der Waals surface area contributed by atoms with Crippen molar-refractivity contribution in [2.45, 2.75) is 6.18 Å². The number of halogens is 5. The third-order valence-corrected chi connectivity index (χ3v) is 4.14. The molecule has 3 rings (SSSR count). The topological polar surface area (TPSA) is 28.2 Å². The van der Waals surface area contributed by atoms with Crippen molar-refractivity contribution in [3.05, 3.63) is 34.4 Å². The lowest BCUT2D eigenvalue weighted by Gasteiger charge is -2.31. The molecule has 2 heterocycles. The van der Waals surface area contributed by atoms with Crippen molar-refractivity contribution < 1.29 is 13.2 Å². The summed E-state index contributed by atoms with van der Waals surface area (Å²) in [5.74, 6) is 0. The van der Waals surface area contributed by atoms with Gasteiger partial charge in [0, 0.05) is 37.8 Å².